The van der Waals surface area contributed by atoms with Gasteiger partial charge in [0.2, 0.25) is 5.91 Å². The van der Waals surface area contributed by atoms with Crippen molar-refractivity contribution < 1.29 is 14.3 Å². The van der Waals surface area contributed by atoms with Gasteiger partial charge in [-0.25, -0.2) is 0 Å². The molecule has 152 valence electrons. The van der Waals surface area contributed by atoms with Crippen LogP contribution in [0.25, 0.3) is 10.9 Å². The number of Topliss-reactive ketones (excluding diaryl/α,β-unsaturated/α-hetero) is 1. The molecule has 1 aromatic carbocycles. The van der Waals surface area contributed by atoms with E-state index < -0.39 is 6.04 Å². The minimum Gasteiger partial charge on any atom is -0.497 e. The molecule has 1 unspecified atom stereocenters. The molecule has 0 aliphatic heterocycles. The molecule has 28 heavy (non-hydrogen) atoms. The molecule has 1 aliphatic carbocycles. The fourth-order valence-corrected chi connectivity index (χ4v) is 3.95. The summed E-state index contributed by atoms with van der Waals surface area (Å²) in [6, 6.07) is 5.33. The second-order valence-electron chi connectivity index (χ2n) is 7.96. The minimum absolute atomic E-state index is 0.0172. The van der Waals surface area contributed by atoms with Crippen LogP contribution in [-0.4, -0.2) is 34.6 Å². The first-order valence-corrected chi connectivity index (χ1v) is 10.4. The molecule has 0 saturated heterocycles. The van der Waals surface area contributed by atoms with Crippen molar-refractivity contribution in [2.24, 2.45) is 5.92 Å². The van der Waals surface area contributed by atoms with E-state index in [9.17, 15) is 9.59 Å². The minimum atomic E-state index is -0.453. The molecule has 2 aromatic rings. The third-order valence-electron chi connectivity index (χ3n) is 5.61. The number of hydrogen-bond donors (Lipinski definition) is 1. The van der Waals surface area contributed by atoms with Gasteiger partial charge in [0.05, 0.1) is 12.6 Å². The summed E-state index contributed by atoms with van der Waals surface area (Å²) in [7, 11) is 1.61. The molecule has 1 fully saturated rings. The maximum Gasteiger partial charge on any atom is 0.245 e. The van der Waals surface area contributed by atoms with Crippen molar-refractivity contribution in [3.63, 3.8) is 0 Å². The van der Waals surface area contributed by atoms with Crippen LogP contribution in [0.1, 0.15) is 75.8 Å². The maximum atomic E-state index is 13.1. The molecule has 6 heteroatoms. The number of rotatable bonds is 7. The van der Waals surface area contributed by atoms with Crippen molar-refractivity contribution >= 4 is 22.6 Å². The van der Waals surface area contributed by atoms with E-state index in [2.05, 4.69) is 10.4 Å². The zero-order valence-corrected chi connectivity index (χ0v) is 17.3. The van der Waals surface area contributed by atoms with Gasteiger partial charge in [0, 0.05) is 23.4 Å². The molecule has 1 saturated carbocycles. The van der Waals surface area contributed by atoms with Crippen LogP contribution in [0.4, 0.5) is 0 Å². The highest BCUT2D eigenvalue weighted by molar-refractivity contribution is 6.07. The topological polar surface area (TPSA) is 73.2 Å². The van der Waals surface area contributed by atoms with Gasteiger partial charge in [0.15, 0.2) is 5.78 Å². The number of aromatic nitrogens is 2. The Kier molecular flexibility index (Phi) is 6.37. The Hall–Kier alpha value is -2.37. The number of hydrogen-bond acceptors (Lipinski definition) is 4. The van der Waals surface area contributed by atoms with Crippen LogP contribution in [0, 0.1) is 5.92 Å². The lowest BCUT2D eigenvalue weighted by Crippen LogP contribution is -2.40. The number of fused-ring (bicyclic) bond motifs is 1. The number of ketones is 1. The SMILES string of the molecule is CCC(C(=O)NC1CCCCC1)n1nc(C(=O)C(C)C)c2ccc(OC)cc21. The van der Waals surface area contributed by atoms with E-state index in [0.717, 1.165) is 36.6 Å². The van der Waals surface area contributed by atoms with Gasteiger partial charge in [-0.3, -0.25) is 14.3 Å². The van der Waals surface area contributed by atoms with E-state index in [1.165, 1.54) is 6.42 Å². The standard InChI is InChI=1S/C22H31N3O3/c1-5-18(22(27)23-15-9-7-6-8-10-15)25-19-13-16(28-4)11-12-17(19)20(24-25)21(26)14(2)3/h11-15,18H,5-10H2,1-4H3,(H,23,27). The van der Waals surface area contributed by atoms with E-state index >= 15 is 0 Å². The maximum absolute atomic E-state index is 13.1. The Morgan fingerprint density at radius 1 is 1.25 bits per heavy atom. The third-order valence-corrected chi connectivity index (χ3v) is 5.61. The first-order valence-electron chi connectivity index (χ1n) is 10.4. The quantitative estimate of drug-likeness (QED) is 0.722. The molecule has 1 aromatic heterocycles. The van der Waals surface area contributed by atoms with Crippen LogP contribution in [0.3, 0.4) is 0 Å². The summed E-state index contributed by atoms with van der Waals surface area (Å²) >= 11 is 0. The van der Waals surface area contributed by atoms with Crippen molar-refractivity contribution in [3.8, 4) is 5.75 Å². The van der Waals surface area contributed by atoms with E-state index in [1.54, 1.807) is 11.8 Å². The van der Waals surface area contributed by atoms with Crippen LogP contribution in [-0.2, 0) is 4.79 Å². The van der Waals surface area contributed by atoms with Crippen LogP contribution >= 0.6 is 0 Å². The van der Waals surface area contributed by atoms with Crippen molar-refractivity contribution in [3.05, 3.63) is 23.9 Å². The van der Waals surface area contributed by atoms with Crippen molar-refractivity contribution in [2.75, 3.05) is 7.11 Å². The molecule has 1 N–H and O–H groups in total. The molecule has 0 bridgehead atoms. The summed E-state index contributed by atoms with van der Waals surface area (Å²) in [6.45, 7) is 5.70. The van der Waals surface area contributed by atoms with Gasteiger partial charge in [0.1, 0.15) is 17.5 Å². The lowest BCUT2D eigenvalue weighted by atomic mass is 9.95. The molecule has 1 aliphatic rings. The van der Waals surface area contributed by atoms with Gasteiger partial charge >= 0.3 is 0 Å². The number of ether oxygens (including phenoxy) is 1. The average molecular weight is 386 g/mol. The zero-order chi connectivity index (χ0) is 20.3. The van der Waals surface area contributed by atoms with E-state index in [1.807, 2.05) is 39.0 Å². The summed E-state index contributed by atoms with van der Waals surface area (Å²) in [5, 5.41) is 8.60. The second kappa shape index (κ2) is 8.76. The van der Waals surface area contributed by atoms with Gasteiger partial charge < -0.3 is 10.1 Å². The average Bonchev–Trinajstić information content (AvgIpc) is 3.07. The Bertz CT molecular complexity index is 850. The highest BCUT2D eigenvalue weighted by Gasteiger charge is 2.28. The smallest absolute Gasteiger partial charge is 0.245 e. The highest BCUT2D eigenvalue weighted by Crippen LogP contribution is 2.29. The summed E-state index contributed by atoms with van der Waals surface area (Å²) in [4.78, 5) is 25.8. The second-order valence-corrected chi connectivity index (χ2v) is 7.96. The van der Waals surface area contributed by atoms with E-state index in [4.69, 9.17) is 4.74 Å². The number of methoxy groups -OCH3 is 1. The first-order chi connectivity index (χ1) is 13.5. The van der Waals surface area contributed by atoms with E-state index in [0.29, 0.717) is 17.9 Å². The van der Waals surface area contributed by atoms with Gasteiger partial charge in [0.25, 0.3) is 0 Å². The Morgan fingerprint density at radius 2 is 1.96 bits per heavy atom. The number of carbonyl (C=O) groups excluding carboxylic acids is 2. The Balaban J connectivity index is 2.00. The Morgan fingerprint density at radius 3 is 2.57 bits per heavy atom. The first kappa shape index (κ1) is 20.4. The summed E-state index contributed by atoms with van der Waals surface area (Å²) in [5.74, 6) is 0.478. The summed E-state index contributed by atoms with van der Waals surface area (Å²) in [5.41, 5.74) is 1.19. The fourth-order valence-electron chi connectivity index (χ4n) is 3.95. The molecular formula is C22H31N3O3. The molecule has 1 atom stereocenters. The molecule has 0 spiro atoms. The van der Waals surface area contributed by atoms with E-state index in [-0.39, 0.29) is 23.7 Å². The van der Waals surface area contributed by atoms with Crippen molar-refractivity contribution in [2.45, 2.75) is 71.4 Å². The van der Waals surface area contributed by atoms with Crippen LogP contribution in [0.15, 0.2) is 18.2 Å². The monoisotopic (exact) mass is 385 g/mol. The summed E-state index contributed by atoms with van der Waals surface area (Å²) < 4.78 is 7.08. The molecule has 3 rings (SSSR count). The normalized spacial score (nSPS) is 16.3. The number of nitrogens with zero attached hydrogens (tertiary/aromatic N) is 2. The predicted octanol–water partition coefficient (Wildman–Crippen LogP) is 4.28. The number of benzene rings is 1. The summed E-state index contributed by atoms with van der Waals surface area (Å²) in [6.07, 6.45) is 6.24. The Labute approximate surface area is 166 Å². The third kappa shape index (κ3) is 4.05. The predicted molar refractivity (Wildman–Crippen MR) is 110 cm³/mol. The van der Waals surface area contributed by atoms with Gasteiger partial charge in [-0.1, -0.05) is 40.0 Å². The molecule has 6 nitrogen and oxygen atoms in total. The lowest BCUT2D eigenvalue weighted by Gasteiger charge is -2.25. The molecule has 1 heterocycles. The van der Waals surface area contributed by atoms with Crippen LogP contribution < -0.4 is 10.1 Å². The fraction of sp³-hybridized carbons (Fsp3) is 0.591. The van der Waals surface area contributed by atoms with Gasteiger partial charge in [-0.05, 0) is 31.4 Å². The van der Waals surface area contributed by atoms with Gasteiger partial charge in [-0.2, -0.15) is 5.10 Å². The number of nitrogens with one attached hydrogen (secondary N) is 1. The zero-order valence-electron chi connectivity index (χ0n) is 17.3. The van der Waals surface area contributed by atoms with Crippen LogP contribution in [0.2, 0.25) is 0 Å². The largest absolute Gasteiger partial charge is 0.497 e. The molecular weight excluding hydrogens is 354 g/mol. The lowest BCUT2D eigenvalue weighted by molar-refractivity contribution is -0.125. The van der Waals surface area contributed by atoms with Crippen molar-refractivity contribution in [1.29, 1.82) is 0 Å². The van der Waals surface area contributed by atoms with Crippen LogP contribution in [0.5, 0.6) is 5.75 Å². The van der Waals surface area contributed by atoms with Crippen molar-refractivity contribution in [1.82, 2.24) is 15.1 Å². The molecule has 1 amide bonds. The molecule has 0 radical (unpaired) electrons. The number of amides is 1. The van der Waals surface area contributed by atoms with Gasteiger partial charge in [-0.15, -0.1) is 0 Å². The highest BCUT2D eigenvalue weighted by atomic mass is 16.5. The number of carbonyl (C=O) groups is 2.